The lowest BCUT2D eigenvalue weighted by atomic mass is 9.55. The van der Waals surface area contributed by atoms with Crippen molar-refractivity contribution in [3.8, 4) is 39.9 Å². The molecule has 67 heavy (non-hydrogen) atoms. The van der Waals surface area contributed by atoms with Gasteiger partial charge in [-0.2, -0.15) is 0 Å². The van der Waals surface area contributed by atoms with Crippen molar-refractivity contribution < 1.29 is 48.3 Å². The summed E-state index contributed by atoms with van der Waals surface area (Å²) in [6.07, 6.45) is 8.11. The molecule has 6 atom stereocenters. The molecular weight excluding hydrogens is 872 g/mol. The Bertz CT molecular complexity index is 2380. The molecule has 8 rings (SSSR count). The third kappa shape index (κ3) is 10.8. The molecule has 2 aliphatic carbocycles. The zero-order chi connectivity index (χ0) is 47.0. The summed E-state index contributed by atoms with van der Waals surface area (Å²) in [4.78, 5) is 22.7. The molecule has 1 amide bonds. The van der Waals surface area contributed by atoms with Crippen LogP contribution in [0.1, 0.15) is 82.8 Å². The van der Waals surface area contributed by atoms with Gasteiger partial charge in [-0.1, -0.05) is 78.7 Å². The Hall–Kier alpha value is -5.53. The molecule has 2 aliphatic heterocycles. The number of hydrogen-bond acceptors (Lipinski definition) is 11. The van der Waals surface area contributed by atoms with Gasteiger partial charge < -0.3 is 43.5 Å². The molecular formula is C54H63ClN2O10. The van der Waals surface area contributed by atoms with Gasteiger partial charge in [-0.15, -0.1) is 18.2 Å². The number of halogens is 1. The van der Waals surface area contributed by atoms with Gasteiger partial charge in [0.2, 0.25) is 12.6 Å². The minimum Gasteiger partial charge on any atom is -0.459 e. The quantitative estimate of drug-likeness (QED) is 0.0381. The summed E-state index contributed by atoms with van der Waals surface area (Å²) in [5.41, 5.74) is 4.88. The van der Waals surface area contributed by atoms with Crippen LogP contribution in [0.4, 0.5) is 4.79 Å². The molecule has 0 unspecified atom stereocenters. The average Bonchev–Trinajstić information content (AvgIpc) is 3.81. The molecule has 12 nitrogen and oxygen atoms in total. The summed E-state index contributed by atoms with van der Waals surface area (Å²) in [5, 5.41) is 25.0. The molecule has 0 bridgehead atoms. The standard InChI is InChI=1S/C54H63ClN2O10/c1-5-28-64-54-49(57(52(60)61-29-25-55)34-36-17-23-47-48(30-36)63-35-62-47)33-45(56-67-53(2,3)4)43-31-39(15-9-11-26-58)42(16-10-12-27-59)50(51(43)54)44-32-41(22-24-46(44)66-54)65-40-20-18-38(19-21-40)37-13-7-6-8-14-37/h5-8,13-14,17-24,30-32,39,42,49-51,58-59H,1,9-12,15-16,25-29,33-35H2,2-4H3/t39-,42+,49-,50+,51+,54+/m0/s1. The van der Waals surface area contributed by atoms with E-state index in [4.69, 9.17) is 50.0 Å². The molecule has 2 N–H and O–H groups in total. The highest BCUT2D eigenvalue weighted by Gasteiger charge is 2.66. The molecule has 4 aromatic carbocycles. The zero-order valence-electron chi connectivity index (χ0n) is 38.7. The fraction of sp³-hybridized carbons (Fsp3) is 0.444. The van der Waals surface area contributed by atoms with E-state index in [1.165, 1.54) is 0 Å². The maximum absolute atomic E-state index is 14.7. The first-order chi connectivity index (χ1) is 32.5. The fourth-order valence-electron chi connectivity index (χ4n) is 10.1. The molecule has 0 saturated heterocycles. The average molecular weight is 936 g/mol. The van der Waals surface area contributed by atoms with E-state index >= 15 is 0 Å². The van der Waals surface area contributed by atoms with Gasteiger partial charge in [0.25, 0.3) is 0 Å². The Morgan fingerprint density at radius 1 is 0.896 bits per heavy atom. The highest BCUT2D eigenvalue weighted by Crippen LogP contribution is 2.62. The summed E-state index contributed by atoms with van der Waals surface area (Å²) in [5.74, 6) is 1.01. The molecule has 1 fully saturated rings. The van der Waals surface area contributed by atoms with Crippen LogP contribution in [-0.2, 0) is 20.9 Å². The molecule has 13 heteroatoms. The molecule has 2 heterocycles. The van der Waals surface area contributed by atoms with Crippen molar-refractivity contribution in [3.05, 3.63) is 126 Å². The summed E-state index contributed by atoms with van der Waals surface area (Å²) in [7, 11) is 0. The van der Waals surface area contributed by atoms with E-state index in [9.17, 15) is 15.0 Å². The summed E-state index contributed by atoms with van der Waals surface area (Å²) in [6.45, 7) is 10.4. The smallest absolute Gasteiger partial charge is 0.410 e. The lowest BCUT2D eigenvalue weighted by Gasteiger charge is -2.60. The predicted octanol–water partition coefficient (Wildman–Crippen LogP) is 11.2. The van der Waals surface area contributed by atoms with Crippen LogP contribution >= 0.6 is 11.6 Å². The molecule has 0 radical (unpaired) electrons. The number of hydrogen-bond donors (Lipinski definition) is 2. The van der Waals surface area contributed by atoms with Crippen LogP contribution in [0, 0.1) is 17.8 Å². The van der Waals surface area contributed by atoms with E-state index in [0.717, 1.165) is 53.5 Å². The van der Waals surface area contributed by atoms with Gasteiger partial charge in [0, 0.05) is 37.7 Å². The van der Waals surface area contributed by atoms with E-state index in [1.54, 1.807) is 11.0 Å². The van der Waals surface area contributed by atoms with E-state index in [-0.39, 0.29) is 69.8 Å². The van der Waals surface area contributed by atoms with E-state index < -0.39 is 29.4 Å². The van der Waals surface area contributed by atoms with Crippen molar-refractivity contribution in [1.82, 2.24) is 4.90 Å². The number of carbonyl (C=O) groups is 1. The monoisotopic (exact) mass is 934 g/mol. The number of rotatable bonds is 20. The van der Waals surface area contributed by atoms with Crippen molar-refractivity contribution in [3.63, 3.8) is 0 Å². The van der Waals surface area contributed by atoms with Gasteiger partial charge in [-0.25, -0.2) is 4.79 Å². The van der Waals surface area contributed by atoms with Crippen LogP contribution in [0.5, 0.6) is 28.7 Å². The summed E-state index contributed by atoms with van der Waals surface area (Å²) < 4.78 is 38.5. The number of amides is 1. The van der Waals surface area contributed by atoms with Crippen LogP contribution in [0.25, 0.3) is 11.1 Å². The zero-order valence-corrected chi connectivity index (χ0v) is 39.5. The van der Waals surface area contributed by atoms with Gasteiger partial charge >= 0.3 is 6.09 Å². The second-order valence-corrected chi connectivity index (χ2v) is 19.0. The maximum atomic E-state index is 14.7. The van der Waals surface area contributed by atoms with Crippen LogP contribution in [-0.4, -0.2) is 83.4 Å². The third-order valence-corrected chi connectivity index (χ3v) is 13.1. The van der Waals surface area contributed by atoms with Crippen molar-refractivity contribution in [2.24, 2.45) is 22.9 Å². The number of carbonyl (C=O) groups excluding carboxylic acids is 1. The van der Waals surface area contributed by atoms with Gasteiger partial charge in [0.15, 0.2) is 11.5 Å². The normalized spacial score (nSPS) is 23.0. The third-order valence-electron chi connectivity index (χ3n) is 13.0. The highest BCUT2D eigenvalue weighted by atomic mass is 35.5. The first-order valence-electron chi connectivity index (χ1n) is 23.5. The number of aliphatic hydroxyl groups excluding tert-OH is 2. The summed E-state index contributed by atoms with van der Waals surface area (Å²) in [6, 6.07) is 29.0. The minimum atomic E-state index is -1.50. The molecule has 356 valence electrons. The minimum absolute atomic E-state index is 0.0134. The fourth-order valence-corrected chi connectivity index (χ4v) is 10.2. The second-order valence-electron chi connectivity index (χ2n) is 18.6. The van der Waals surface area contributed by atoms with Gasteiger partial charge in [0.1, 0.15) is 35.5 Å². The topological polar surface area (TPSA) is 138 Å². The highest BCUT2D eigenvalue weighted by molar-refractivity contribution is 6.18. The van der Waals surface area contributed by atoms with Crippen molar-refractivity contribution in [2.45, 2.75) is 95.6 Å². The number of unbranched alkanes of at least 4 members (excludes halogenated alkanes) is 2. The van der Waals surface area contributed by atoms with E-state index in [2.05, 4.69) is 43.0 Å². The van der Waals surface area contributed by atoms with Crippen molar-refractivity contribution in [2.75, 3.05) is 39.1 Å². The Balaban J connectivity index is 1.31. The van der Waals surface area contributed by atoms with Gasteiger partial charge in [-0.3, -0.25) is 4.90 Å². The molecule has 1 saturated carbocycles. The lowest BCUT2D eigenvalue weighted by Crippen LogP contribution is -2.70. The van der Waals surface area contributed by atoms with Crippen LogP contribution < -0.4 is 18.9 Å². The molecule has 0 aromatic heterocycles. The molecule has 0 spiro atoms. The van der Waals surface area contributed by atoms with Crippen molar-refractivity contribution >= 4 is 23.4 Å². The lowest BCUT2D eigenvalue weighted by molar-refractivity contribution is -0.256. The number of fused-ring (bicyclic) bond motifs is 3. The first-order valence-corrected chi connectivity index (χ1v) is 24.1. The number of benzene rings is 4. The van der Waals surface area contributed by atoms with E-state index in [0.29, 0.717) is 47.3 Å². The second kappa shape index (κ2) is 21.6. The summed E-state index contributed by atoms with van der Waals surface area (Å²) >= 11 is 6.15. The van der Waals surface area contributed by atoms with Crippen LogP contribution in [0.3, 0.4) is 0 Å². The van der Waals surface area contributed by atoms with E-state index in [1.807, 2.05) is 81.4 Å². The molecule has 4 aromatic rings. The van der Waals surface area contributed by atoms with Crippen LogP contribution in [0.15, 0.2) is 120 Å². The van der Waals surface area contributed by atoms with Gasteiger partial charge in [-0.05, 0) is 123 Å². The van der Waals surface area contributed by atoms with Crippen LogP contribution in [0.2, 0.25) is 0 Å². The predicted molar refractivity (Wildman–Crippen MR) is 258 cm³/mol. The number of ether oxygens (including phenoxy) is 6. The largest absolute Gasteiger partial charge is 0.459 e. The first kappa shape index (κ1) is 47.9. The maximum Gasteiger partial charge on any atom is 0.410 e. The number of allylic oxidation sites excluding steroid dienone is 1. The van der Waals surface area contributed by atoms with Crippen molar-refractivity contribution in [1.29, 1.82) is 0 Å². The number of oxime groups is 1. The number of alkyl halides is 1. The SMILES string of the molecule is C=CCO[C@@]12Oc3ccc(Oc4ccc(-c5ccccc5)cc4)cc3[C@H]3[C@H](CCCCO)[C@@H](CCCCO)C=C(C(=NOC(C)(C)C)C[C@@H]1N(Cc1ccc4c(c1)OCO4)C(=O)OCCCl)[C@H]32. The van der Waals surface area contributed by atoms with Gasteiger partial charge in [0.05, 0.1) is 24.1 Å². The molecule has 4 aliphatic rings. The number of nitrogens with zero attached hydrogens (tertiary/aromatic N) is 2. The Morgan fingerprint density at radius 2 is 1.61 bits per heavy atom. The Morgan fingerprint density at radius 3 is 2.34 bits per heavy atom. The Labute approximate surface area is 399 Å². The number of aliphatic hydroxyl groups is 2. The Kier molecular flexibility index (Phi) is 15.5.